The zero-order valence-electron chi connectivity index (χ0n) is 15.0. The number of pyridine rings is 1. The van der Waals surface area contributed by atoms with Gasteiger partial charge in [0.2, 0.25) is 5.91 Å². The minimum absolute atomic E-state index is 0.0512. The Balaban J connectivity index is 1.63. The average Bonchev–Trinajstić information content (AvgIpc) is 3.01. The molecule has 3 rings (SSSR count). The molecule has 0 bridgehead atoms. The van der Waals surface area contributed by atoms with E-state index in [0.717, 1.165) is 12.8 Å². The van der Waals surface area contributed by atoms with Gasteiger partial charge in [-0.25, -0.2) is 0 Å². The van der Waals surface area contributed by atoms with Crippen molar-refractivity contribution in [2.45, 2.75) is 31.4 Å². The van der Waals surface area contributed by atoms with Crippen LogP contribution in [0.3, 0.4) is 0 Å². The molecule has 5 heteroatoms. The molecule has 0 fully saturated rings. The molecule has 1 atom stereocenters. The summed E-state index contributed by atoms with van der Waals surface area (Å²) >= 11 is 0. The number of amides is 1. The highest BCUT2D eigenvalue weighted by Crippen LogP contribution is 2.33. The summed E-state index contributed by atoms with van der Waals surface area (Å²) < 4.78 is 5.79. The van der Waals surface area contributed by atoms with E-state index in [2.05, 4.69) is 22.4 Å². The predicted molar refractivity (Wildman–Crippen MR) is 97.6 cm³/mol. The van der Waals surface area contributed by atoms with Gasteiger partial charge in [-0.2, -0.15) is 0 Å². The molecule has 25 heavy (non-hydrogen) atoms. The Morgan fingerprint density at radius 3 is 2.48 bits per heavy atom. The summed E-state index contributed by atoms with van der Waals surface area (Å²) in [5.41, 5.74) is 1.98. The standard InChI is InChI=1S/C20H25N3O2/c1-15(25-18-9-6-10-21-14-18)13-22-19(24)20(23(2)3)11-16-7-4-5-8-17(16)12-20/h4-10,14-15H,11-13H2,1-3H3,(H,22,24). The van der Waals surface area contributed by atoms with E-state index in [-0.39, 0.29) is 12.0 Å². The summed E-state index contributed by atoms with van der Waals surface area (Å²) in [5, 5.41) is 3.08. The highest BCUT2D eigenvalue weighted by Gasteiger charge is 2.45. The third-order valence-corrected chi connectivity index (χ3v) is 4.88. The molecule has 5 nitrogen and oxygen atoms in total. The molecule has 1 aliphatic rings. The first-order valence-corrected chi connectivity index (χ1v) is 8.60. The smallest absolute Gasteiger partial charge is 0.241 e. The average molecular weight is 339 g/mol. The summed E-state index contributed by atoms with van der Waals surface area (Å²) in [6.07, 6.45) is 4.72. The first-order valence-electron chi connectivity index (χ1n) is 8.60. The molecule has 1 aromatic heterocycles. The fourth-order valence-corrected chi connectivity index (χ4v) is 3.37. The molecular formula is C20H25N3O2. The van der Waals surface area contributed by atoms with Gasteiger partial charge in [-0.3, -0.25) is 14.7 Å². The van der Waals surface area contributed by atoms with Crippen LogP contribution in [0, 0.1) is 0 Å². The zero-order valence-corrected chi connectivity index (χ0v) is 15.0. The van der Waals surface area contributed by atoms with Gasteiger partial charge in [-0.15, -0.1) is 0 Å². The number of likely N-dealkylation sites (N-methyl/N-ethyl adjacent to an activating group) is 1. The number of aromatic nitrogens is 1. The Hall–Kier alpha value is -2.40. The van der Waals surface area contributed by atoms with Gasteiger partial charge in [-0.05, 0) is 44.3 Å². The second-order valence-corrected chi connectivity index (χ2v) is 6.88. The van der Waals surface area contributed by atoms with Gasteiger partial charge in [0.1, 0.15) is 17.4 Å². The first-order chi connectivity index (χ1) is 12.0. The Labute approximate surface area is 149 Å². The molecule has 1 aromatic carbocycles. The molecular weight excluding hydrogens is 314 g/mol. The van der Waals surface area contributed by atoms with Crippen molar-refractivity contribution in [1.82, 2.24) is 15.2 Å². The Bertz CT molecular complexity index is 706. The lowest BCUT2D eigenvalue weighted by atomic mass is 9.93. The molecule has 2 aromatic rings. The number of carbonyl (C=O) groups excluding carboxylic acids is 1. The number of benzene rings is 1. The van der Waals surface area contributed by atoms with Crippen molar-refractivity contribution in [2.24, 2.45) is 0 Å². The van der Waals surface area contributed by atoms with E-state index in [0.29, 0.717) is 12.3 Å². The Kier molecular flexibility index (Phi) is 5.04. The number of carbonyl (C=O) groups is 1. The van der Waals surface area contributed by atoms with Crippen molar-refractivity contribution in [3.8, 4) is 5.75 Å². The molecule has 1 N–H and O–H groups in total. The van der Waals surface area contributed by atoms with E-state index in [1.54, 1.807) is 12.4 Å². The predicted octanol–water partition coefficient (Wildman–Crippen LogP) is 2.06. The van der Waals surface area contributed by atoms with E-state index >= 15 is 0 Å². The van der Waals surface area contributed by atoms with E-state index in [1.165, 1.54) is 11.1 Å². The van der Waals surface area contributed by atoms with E-state index in [4.69, 9.17) is 4.74 Å². The van der Waals surface area contributed by atoms with Crippen molar-refractivity contribution in [2.75, 3.05) is 20.6 Å². The number of hydrogen-bond acceptors (Lipinski definition) is 4. The quantitative estimate of drug-likeness (QED) is 0.875. The molecule has 0 aliphatic heterocycles. The van der Waals surface area contributed by atoms with Crippen LogP contribution in [0.2, 0.25) is 0 Å². The van der Waals surface area contributed by atoms with Crippen LogP contribution in [0.4, 0.5) is 0 Å². The normalized spacial score (nSPS) is 16.3. The zero-order chi connectivity index (χ0) is 17.9. The number of hydrogen-bond donors (Lipinski definition) is 1. The van der Waals surface area contributed by atoms with Gasteiger partial charge in [0.05, 0.1) is 12.7 Å². The van der Waals surface area contributed by atoms with Crippen molar-refractivity contribution in [3.63, 3.8) is 0 Å². The fourth-order valence-electron chi connectivity index (χ4n) is 3.37. The highest BCUT2D eigenvalue weighted by atomic mass is 16.5. The van der Waals surface area contributed by atoms with Crippen LogP contribution >= 0.6 is 0 Å². The maximum atomic E-state index is 13.0. The monoisotopic (exact) mass is 339 g/mol. The molecule has 0 radical (unpaired) electrons. The van der Waals surface area contributed by atoms with Crippen LogP contribution < -0.4 is 10.1 Å². The number of nitrogens with one attached hydrogen (secondary N) is 1. The lowest BCUT2D eigenvalue weighted by molar-refractivity contribution is -0.132. The van der Waals surface area contributed by atoms with Gasteiger partial charge in [0, 0.05) is 19.0 Å². The van der Waals surface area contributed by atoms with Crippen LogP contribution in [-0.4, -0.2) is 48.1 Å². The van der Waals surface area contributed by atoms with Gasteiger partial charge >= 0.3 is 0 Å². The third-order valence-electron chi connectivity index (χ3n) is 4.88. The summed E-state index contributed by atoms with van der Waals surface area (Å²) in [5.74, 6) is 0.759. The Morgan fingerprint density at radius 2 is 1.92 bits per heavy atom. The second-order valence-electron chi connectivity index (χ2n) is 6.88. The van der Waals surface area contributed by atoms with Crippen molar-refractivity contribution < 1.29 is 9.53 Å². The van der Waals surface area contributed by atoms with Crippen LogP contribution in [-0.2, 0) is 17.6 Å². The summed E-state index contributed by atoms with van der Waals surface area (Å²) in [6.45, 7) is 2.40. The van der Waals surface area contributed by atoms with Gasteiger partial charge in [0.25, 0.3) is 0 Å². The van der Waals surface area contributed by atoms with Gasteiger partial charge < -0.3 is 10.1 Å². The summed E-state index contributed by atoms with van der Waals surface area (Å²) in [7, 11) is 3.95. The molecule has 0 saturated heterocycles. The van der Waals surface area contributed by atoms with Gasteiger partial charge in [0.15, 0.2) is 0 Å². The lowest BCUT2D eigenvalue weighted by Crippen LogP contribution is -2.58. The number of rotatable bonds is 6. The van der Waals surface area contributed by atoms with Crippen molar-refractivity contribution in [3.05, 3.63) is 59.9 Å². The van der Waals surface area contributed by atoms with Crippen LogP contribution in [0.1, 0.15) is 18.1 Å². The number of fused-ring (bicyclic) bond motifs is 1. The van der Waals surface area contributed by atoms with Crippen LogP contribution in [0.5, 0.6) is 5.75 Å². The lowest BCUT2D eigenvalue weighted by Gasteiger charge is -2.35. The maximum Gasteiger partial charge on any atom is 0.241 e. The maximum absolute atomic E-state index is 13.0. The second kappa shape index (κ2) is 7.23. The van der Waals surface area contributed by atoms with Crippen molar-refractivity contribution in [1.29, 1.82) is 0 Å². The minimum atomic E-state index is -0.530. The molecule has 1 aliphatic carbocycles. The van der Waals surface area contributed by atoms with Gasteiger partial charge in [-0.1, -0.05) is 24.3 Å². The minimum Gasteiger partial charge on any atom is -0.487 e. The first kappa shape index (κ1) is 17.4. The van der Waals surface area contributed by atoms with E-state index in [1.807, 2.05) is 50.2 Å². The molecule has 1 amide bonds. The number of nitrogens with zero attached hydrogens (tertiary/aromatic N) is 2. The fraction of sp³-hybridized carbons (Fsp3) is 0.400. The molecule has 0 saturated carbocycles. The molecule has 0 spiro atoms. The van der Waals surface area contributed by atoms with Crippen LogP contribution in [0.25, 0.3) is 0 Å². The van der Waals surface area contributed by atoms with E-state index in [9.17, 15) is 4.79 Å². The summed E-state index contributed by atoms with van der Waals surface area (Å²) in [4.78, 5) is 19.1. The third kappa shape index (κ3) is 3.66. The van der Waals surface area contributed by atoms with E-state index < -0.39 is 5.54 Å². The number of ether oxygens (including phenoxy) is 1. The molecule has 1 heterocycles. The Morgan fingerprint density at radius 1 is 1.24 bits per heavy atom. The molecule has 132 valence electrons. The molecule has 1 unspecified atom stereocenters. The van der Waals surface area contributed by atoms with Crippen molar-refractivity contribution >= 4 is 5.91 Å². The topological polar surface area (TPSA) is 54.5 Å². The highest BCUT2D eigenvalue weighted by molar-refractivity contribution is 5.88. The SMILES string of the molecule is CC(CNC(=O)C1(N(C)C)Cc2ccccc2C1)Oc1cccnc1. The van der Waals surface area contributed by atoms with Crippen LogP contribution in [0.15, 0.2) is 48.8 Å². The largest absolute Gasteiger partial charge is 0.487 e. The summed E-state index contributed by atoms with van der Waals surface area (Å²) in [6, 6.07) is 12.0.